The molecule has 0 amide bonds. The molecule has 0 saturated heterocycles. The van der Waals surface area contributed by atoms with E-state index < -0.39 is 5.97 Å². The lowest BCUT2D eigenvalue weighted by atomic mass is 10.4. The van der Waals surface area contributed by atoms with Gasteiger partial charge in [0.25, 0.3) is 0 Å². The molecule has 0 fully saturated rings. The topological polar surface area (TPSA) is 50.1 Å². The molecule has 0 saturated carbocycles. The van der Waals surface area contributed by atoms with Crippen molar-refractivity contribution >= 4 is 5.97 Å². The molecule has 0 bridgehead atoms. The molecule has 3 nitrogen and oxygen atoms in total. The van der Waals surface area contributed by atoms with Crippen LogP contribution in [0, 0.1) is 11.3 Å². The van der Waals surface area contributed by atoms with Crippen LogP contribution in [0.3, 0.4) is 0 Å². The molecule has 3 heteroatoms. The fourth-order valence-electron chi connectivity index (χ4n) is 0.348. The van der Waals surface area contributed by atoms with E-state index in [0.717, 1.165) is 17.7 Å². The summed E-state index contributed by atoms with van der Waals surface area (Å²) in [6.07, 6.45) is 2.14. The van der Waals surface area contributed by atoms with Crippen LogP contribution in [0.15, 0.2) is 24.3 Å². The fraction of sp³-hybridized carbons (Fsp3) is 0.250. The third kappa shape index (κ3) is 6.32. The number of carbonyl (C=O) groups excluding carboxylic acids is 1. The zero-order chi connectivity index (χ0) is 8.69. The van der Waals surface area contributed by atoms with E-state index in [2.05, 4.69) is 11.3 Å². The molecule has 0 heterocycles. The van der Waals surface area contributed by atoms with Crippen molar-refractivity contribution in [1.82, 2.24) is 0 Å². The number of esters is 1. The van der Waals surface area contributed by atoms with Crippen molar-refractivity contribution in [2.75, 3.05) is 6.61 Å². The predicted octanol–water partition coefficient (Wildman–Crippen LogP) is 1.19. The largest absolute Gasteiger partial charge is 0.458 e. The van der Waals surface area contributed by atoms with Gasteiger partial charge in [0, 0.05) is 12.2 Å². The highest BCUT2D eigenvalue weighted by atomic mass is 16.5. The standard InChI is InChI=1S/C8H9NO2/c1-7(2)6-11-8(10)4-3-5-9/h3-4H,1,6H2,2H3. The number of hydrogen-bond acceptors (Lipinski definition) is 3. The monoisotopic (exact) mass is 151 g/mol. The molecule has 0 aliphatic rings. The van der Waals surface area contributed by atoms with Gasteiger partial charge < -0.3 is 4.74 Å². The number of nitriles is 1. The Bertz CT molecular complexity index is 223. The summed E-state index contributed by atoms with van der Waals surface area (Å²) >= 11 is 0. The summed E-state index contributed by atoms with van der Waals surface area (Å²) in [5, 5.41) is 8.03. The summed E-state index contributed by atoms with van der Waals surface area (Å²) in [5.41, 5.74) is 0.767. The Balaban J connectivity index is 3.64. The average molecular weight is 151 g/mol. The van der Waals surface area contributed by atoms with E-state index in [4.69, 9.17) is 5.26 Å². The summed E-state index contributed by atoms with van der Waals surface area (Å²) in [4.78, 5) is 10.6. The van der Waals surface area contributed by atoms with Crippen molar-refractivity contribution < 1.29 is 9.53 Å². The van der Waals surface area contributed by atoms with Gasteiger partial charge in [-0.05, 0) is 12.5 Å². The summed E-state index contributed by atoms with van der Waals surface area (Å²) in [6, 6.07) is 1.68. The quantitative estimate of drug-likeness (QED) is 0.263. The zero-order valence-electron chi connectivity index (χ0n) is 6.33. The maximum atomic E-state index is 10.6. The number of hydrogen-bond donors (Lipinski definition) is 0. The first-order valence-corrected chi connectivity index (χ1v) is 3.04. The first-order chi connectivity index (χ1) is 5.16. The molecule has 0 aromatic heterocycles. The first kappa shape index (κ1) is 9.44. The van der Waals surface area contributed by atoms with Crippen LogP contribution in [0.2, 0.25) is 0 Å². The molecular formula is C8H9NO2. The lowest BCUT2D eigenvalue weighted by Gasteiger charge is -1.98. The highest BCUT2D eigenvalue weighted by Gasteiger charge is 1.94. The smallest absolute Gasteiger partial charge is 0.331 e. The molecule has 0 atom stereocenters. The third-order valence-electron chi connectivity index (χ3n) is 0.755. The van der Waals surface area contributed by atoms with Gasteiger partial charge in [0.2, 0.25) is 0 Å². The van der Waals surface area contributed by atoms with Crippen molar-refractivity contribution in [3.05, 3.63) is 24.3 Å². The summed E-state index contributed by atoms with van der Waals surface area (Å²) in [7, 11) is 0. The van der Waals surface area contributed by atoms with Crippen LogP contribution in [0.4, 0.5) is 0 Å². The minimum Gasteiger partial charge on any atom is -0.458 e. The molecule has 0 aliphatic heterocycles. The Kier molecular flexibility index (Phi) is 4.50. The Hall–Kier alpha value is -1.56. The number of carbonyl (C=O) groups is 1. The van der Waals surface area contributed by atoms with Gasteiger partial charge in [0.05, 0.1) is 6.07 Å². The van der Waals surface area contributed by atoms with Gasteiger partial charge in [0.15, 0.2) is 0 Å². The Morgan fingerprint density at radius 3 is 2.91 bits per heavy atom. The van der Waals surface area contributed by atoms with Gasteiger partial charge in [-0.2, -0.15) is 5.26 Å². The number of ether oxygens (including phenoxy) is 1. The molecule has 0 N–H and O–H groups in total. The summed E-state index contributed by atoms with van der Waals surface area (Å²) in [5.74, 6) is -0.519. The minimum atomic E-state index is -0.519. The molecule has 0 aliphatic carbocycles. The number of allylic oxidation sites excluding steroid dienone is 1. The van der Waals surface area contributed by atoms with Crippen LogP contribution < -0.4 is 0 Å². The molecule has 0 radical (unpaired) electrons. The van der Waals surface area contributed by atoms with Gasteiger partial charge in [-0.15, -0.1) is 0 Å². The van der Waals surface area contributed by atoms with Crippen LogP contribution in [-0.4, -0.2) is 12.6 Å². The van der Waals surface area contributed by atoms with Gasteiger partial charge >= 0.3 is 5.97 Å². The van der Waals surface area contributed by atoms with E-state index >= 15 is 0 Å². The van der Waals surface area contributed by atoms with Gasteiger partial charge in [0.1, 0.15) is 6.61 Å². The highest BCUT2D eigenvalue weighted by molar-refractivity contribution is 5.82. The molecule has 0 spiro atoms. The van der Waals surface area contributed by atoms with Crippen molar-refractivity contribution in [2.45, 2.75) is 6.92 Å². The summed E-state index contributed by atoms with van der Waals surface area (Å²) in [6.45, 7) is 5.50. The maximum Gasteiger partial charge on any atom is 0.331 e. The van der Waals surface area contributed by atoms with E-state index in [9.17, 15) is 4.79 Å². The Morgan fingerprint density at radius 1 is 1.82 bits per heavy atom. The average Bonchev–Trinajstić information content (AvgIpc) is 1.97. The molecule has 0 aromatic rings. The van der Waals surface area contributed by atoms with Crippen molar-refractivity contribution in [1.29, 1.82) is 5.26 Å². The van der Waals surface area contributed by atoms with E-state index in [1.165, 1.54) is 0 Å². The molecule has 0 aromatic carbocycles. The molecule has 58 valence electrons. The SMILES string of the molecule is C=C(C)COC(=O)C=CC#N. The van der Waals surface area contributed by atoms with Crippen molar-refractivity contribution in [3.63, 3.8) is 0 Å². The fourth-order valence-corrected chi connectivity index (χ4v) is 0.348. The number of nitrogens with zero attached hydrogens (tertiary/aromatic N) is 1. The van der Waals surface area contributed by atoms with Gasteiger partial charge in [-0.25, -0.2) is 4.79 Å². The van der Waals surface area contributed by atoms with E-state index in [1.54, 1.807) is 13.0 Å². The highest BCUT2D eigenvalue weighted by Crippen LogP contribution is 1.89. The Labute approximate surface area is 65.6 Å². The van der Waals surface area contributed by atoms with E-state index in [-0.39, 0.29) is 6.61 Å². The van der Waals surface area contributed by atoms with E-state index in [0.29, 0.717) is 0 Å². The lowest BCUT2D eigenvalue weighted by molar-refractivity contribution is -0.136. The Morgan fingerprint density at radius 2 is 2.45 bits per heavy atom. The lowest BCUT2D eigenvalue weighted by Crippen LogP contribution is -2.02. The molecule has 11 heavy (non-hydrogen) atoms. The van der Waals surface area contributed by atoms with E-state index in [1.807, 2.05) is 0 Å². The summed E-state index contributed by atoms with van der Waals surface area (Å²) < 4.78 is 4.63. The maximum absolute atomic E-state index is 10.6. The second kappa shape index (κ2) is 5.24. The second-order valence-corrected chi connectivity index (χ2v) is 2.03. The zero-order valence-corrected chi connectivity index (χ0v) is 6.33. The van der Waals surface area contributed by atoms with Gasteiger partial charge in [-0.1, -0.05) is 6.58 Å². The predicted molar refractivity (Wildman–Crippen MR) is 40.5 cm³/mol. The van der Waals surface area contributed by atoms with Crippen LogP contribution in [0.5, 0.6) is 0 Å². The van der Waals surface area contributed by atoms with Crippen LogP contribution in [0.1, 0.15) is 6.92 Å². The third-order valence-corrected chi connectivity index (χ3v) is 0.755. The molecule has 0 unspecified atom stereocenters. The van der Waals surface area contributed by atoms with Crippen molar-refractivity contribution in [3.8, 4) is 6.07 Å². The van der Waals surface area contributed by atoms with Gasteiger partial charge in [-0.3, -0.25) is 0 Å². The van der Waals surface area contributed by atoms with Crippen LogP contribution in [-0.2, 0) is 9.53 Å². The minimum absolute atomic E-state index is 0.203. The molecular weight excluding hydrogens is 142 g/mol. The number of rotatable bonds is 3. The normalized spacial score (nSPS) is 9.09. The molecule has 0 rings (SSSR count). The van der Waals surface area contributed by atoms with Crippen molar-refractivity contribution in [2.24, 2.45) is 0 Å². The van der Waals surface area contributed by atoms with Crippen LogP contribution in [0.25, 0.3) is 0 Å². The van der Waals surface area contributed by atoms with Crippen LogP contribution >= 0.6 is 0 Å². The second-order valence-electron chi connectivity index (χ2n) is 2.03. The first-order valence-electron chi connectivity index (χ1n) is 3.04.